The molecular weight excluding hydrogens is 342 g/mol. The molecule has 1 aromatic rings. The van der Waals surface area contributed by atoms with Crippen molar-refractivity contribution in [3.05, 3.63) is 29.3 Å². The molecule has 1 heterocycles. The van der Waals surface area contributed by atoms with Crippen LogP contribution in [0.2, 0.25) is 0 Å². The second-order valence-electron chi connectivity index (χ2n) is 6.32. The third kappa shape index (κ3) is 5.82. The lowest BCUT2D eigenvalue weighted by atomic mass is 10.1. The molecule has 25 heavy (non-hydrogen) atoms. The van der Waals surface area contributed by atoms with E-state index in [1.807, 2.05) is 26.0 Å². The topological polar surface area (TPSA) is 95.6 Å². The van der Waals surface area contributed by atoms with E-state index in [0.717, 1.165) is 24.0 Å². The highest BCUT2D eigenvalue weighted by atomic mass is 32.2. The van der Waals surface area contributed by atoms with Crippen molar-refractivity contribution < 1.29 is 18.0 Å². The van der Waals surface area contributed by atoms with Gasteiger partial charge in [0, 0.05) is 25.3 Å². The number of benzene rings is 1. The van der Waals surface area contributed by atoms with Gasteiger partial charge >= 0.3 is 0 Å². The van der Waals surface area contributed by atoms with Gasteiger partial charge in [-0.25, -0.2) is 12.7 Å². The first-order chi connectivity index (χ1) is 11.8. The molecule has 0 saturated carbocycles. The Kier molecular flexibility index (Phi) is 6.55. The van der Waals surface area contributed by atoms with Crippen LogP contribution in [0, 0.1) is 13.8 Å². The number of rotatable bonds is 7. The summed E-state index contributed by atoms with van der Waals surface area (Å²) in [4.78, 5) is 23.7. The Morgan fingerprint density at radius 2 is 1.80 bits per heavy atom. The predicted molar refractivity (Wildman–Crippen MR) is 96.8 cm³/mol. The van der Waals surface area contributed by atoms with E-state index in [9.17, 15) is 18.0 Å². The summed E-state index contributed by atoms with van der Waals surface area (Å²) >= 11 is 0. The van der Waals surface area contributed by atoms with E-state index in [1.54, 1.807) is 6.07 Å². The number of nitrogens with zero attached hydrogens (tertiary/aromatic N) is 1. The molecule has 0 bridgehead atoms. The number of amides is 2. The first kappa shape index (κ1) is 19.4. The smallest absolute Gasteiger partial charge is 0.233 e. The van der Waals surface area contributed by atoms with Gasteiger partial charge in [-0.15, -0.1) is 0 Å². The molecule has 2 amide bonds. The van der Waals surface area contributed by atoms with Crippen molar-refractivity contribution in [3.8, 4) is 0 Å². The fourth-order valence-corrected chi connectivity index (χ4v) is 4.20. The van der Waals surface area contributed by atoms with E-state index in [0.29, 0.717) is 18.8 Å². The van der Waals surface area contributed by atoms with Gasteiger partial charge in [0.15, 0.2) is 0 Å². The van der Waals surface area contributed by atoms with Crippen molar-refractivity contribution >= 4 is 27.5 Å². The molecule has 1 aromatic carbocycles. The van der Waals surface area contributed by atoms with E-state index < -0.39 is 21.8 Å². The van der Waals surface area contributed by atoms with Crippen LogP contribution in [0.25, 0.3) is 0 Å². The van der Waals surface area contributed by atoms with Crippen LogP contribution >= 0.6 is 0 Å². The second kappa shape index (κ2) is 8.44. The maximum Gasteiger partial charge on any atom is 0.233 e. The molecule has 8 heteroatoms. The highest BCUT2D eigenvalue weighted by Gasteiger charge is 2.24. The molecule has 0 aliphatic carbocycles. The standard InChI is InChI=1S/C17H25N3O4S/c1-13-5-6-15(14(2)11-13)19-17(22)12-16(21)18-7-10-25(23,24)20-8-3-4-9-20/h5-6,11H,3-4,7-10,12H2,1-2H3,(H,18,21)(H,19,22). The zero-order chi connectivity index (χ0) is 18.4. The number of anilines is 1. The van der Waals surface area contributed by atoms with Gasteiger partial charge < -0.3 is 10.6 Å². The SMILES string of the molecule is Cc1ccc(NC(=O)CC(=O)NCCS(=O)(=O)N2CCCC2)c(C)c1. The predicted octanol–water partition coefficient (Wildman–Crippen LogP) is 1.17. The second-order valence-corrected chi connectivity index (χ2v) is 8.40. The minimum absolute atomic E-state index is 0.00844. The largest absolute Gasteiger partial charge is 0.355 e. The summed E-state index contributed by atoms with van der Waals surface area (Å²) < 4.78 is 25.5. The summed E-state index contributed by atoms with van der Waals surface area (Å²) in [5.74, 6) is -1.05. The quantitative estimate of drug-likeness (QED) is 0.707. The van der Waals surface area contributed by atoms with Gasteiger partial charge in [0.2, 0.25) is 21.8 Å². The minimum atomic E-state index is -3.32. The molecule has 1 aliphatic rings. The van der Waals surface area contributed by atoms with Gasteiger partial charge in [0.05, 0.1) is 5.75 Å². The van der Waals surface area contributed by atoms with Crippen LogP contribution in [0.1, 0.15) is 30.4 Å². The van der Waals surface area contributed by atoms with Crippen LogP contribution in [0.3, 0.4) is 0 Å². The number of sulfonamides is 1. The van der Waals surface area contributed by atoms with Gasteiger partial charge in [-0.2, -0.15) is 0 Å². The highest BCUT2D eigenvalue weighted by molar-refractivity contribution is 7.89. The van der Waals surface area contributed by atoms with Crippen LogP contribution in [0.4, 0.5) is 5.69 Å². The number of hydrogen-bond acceptors (Lipinski definition) is 4. The molecular formula is C17H25N3O4S. The Labute approximate surface area is 148 Å². The molecule has 0 atom stereocenters. The summed E-state index contributed by atoms with van der Waals surface area (Å²) in [5.41, 5.74) is 2.68. The molecule has 1 aliphatic heterocycles. The molecule has 0 spiro atoms. The fraction of sp³-hybridized carbons (Fsp3) is 0.529. The molecule has 0 radical (unpaired) electrons. The lowest BCUT2D eigenvalue weighted by Crippen LogP contribution is -2.37. The van der Waals surface area contributed by atoms with E-state index in [1.165, 1.54) is 4.31 Å². The van der Waals surface area contributed by atoms with Gasteiger partial charge in [-0.1, -0.05) is 17.7 Å². The summed E-state index contributed by atoms with van der Waals surface area (Å²) in [6.07, 6.45) is 1.42. The Bertz CT molecular complexity index is 740. The number of hydrogen-bond donors (Lipinski definition) is 2. The van der Waals surface area contributed by atoms with Crippen LogP contribution < -0.4 is 10.6 Å². The molecule has 1 fully saturated rings. The fourth-order valence-electron chi connectivity index (χ4n) is 2.77. The lowest BCUT2D eigenvalue weighted by Gasteiger charge is -2.15. The average molecular weight is 367 g/mol. The highest BCUT2D eigenvalue weighted by Crippen LogP contribution is 2.16. The van der Waals surface area contributed by atoms with Crippen molar-refractivity contribution in [2.45, 2.75) is 33.1 Å². The van der Waals surface area contributed by atoms with Crippen LogP contribution in [0.5, 0.6) is 0 Å². The molecule has 2 N–H and O–H groups in total. The maximum atomic E-state index is 12.0. The first-order valence-electron chi connectivity index (χ1n) is 8.39. The molecule has 7 nitrogen and oxygen atoms in total. The van der Waals surface area contributed by atoms with E-state index >= 15 is 0 Å². The van der Waals surface area contributed by atoms with Crippen molar-refractivity contribution in [3.63, 3.8) is 0 Å². The van der Waals surface area contributed by atoms with Crippen molar-refractivity contribution in [2.24, 2.45) is 0 Å². The molecule has 2 rings (SSSR count). The molecule has 1 saturated heterocycles. The zero-order valence-electron chi connectivity index (χ0n) is 14.7. The van der Waals surface area contributed by atoms with Gasteiger partial charge in [-0.05, 0) is 38.3 Å². The monoisotopic (exact) mass is 367 g/mol. The number of carbonyl (C=O) groups is 2. The summed E-state index contributed by atoms with van der Waals surface area (Å²) in [6, 6.07) is 5.62. The third-order valence-corrected chi connectivity index (χ3v) is 5.99. The minimum Gasteiger partial charge on any atom is -0.355 e. The van der Waals surface area contributed by atoms with Crippen molar-refractivity contribution in [1.82, 2.24) is 9.62 Å². The van der Waals surface area contributed by atoms with E-state index in [2.05, 4.69) is 10.6 Å². The summed E-state index contributed by atoms with van der Waals surface area (Å²) in [5, 5.41) is 5.19. The van der Waals surface area contributed by atoms with Crippen LogP contribution in [-0.2, 0) is 19.6 Å². The van der Waals surface area contributed by atoms with Crippen molar-refractivity contribution in [1.29, 1.82) is 0 Å². The maximum absolute atomic E-state index is 12.0. The lowest BCUT2D eigenvalue weighted by molar-refractivity contribution is -0.126. The van der Waals surface area contributed by atoms with E-state index in [4.69, 9.17) is 0 Å². The number of nitrogens with one attached hydrogen (secondary N) is 2. The van der Waals surface area contributed by atoms with E-state index in [-0.39, 0.29) is 18.7 Å². The Morgan fingerprint density at radius 3 is 2.44 bits per heavy atom. The zero-order valence-corrected chi connectivity index (χ0v) is 15.5. The first-order valence-corrected chi connectivity index (χ1v) is 10.0. The third-order valence-electron chi connectivity index (χ3n) is 4.12. The van der Waals surface area contributed by atoms with Gasteiger partial charge in [-0.3, -0.25) is 9.59 Å². The summed E-state index contributed by atoms with van der Waals surface area (Å²) in [7, 11) is -3.32. The Hall–Kier alpha value is -1.93. The molecule has 138 valence electrons. The van der Waals surface area contributed by atoms with Crippen LogP contribution in [0.15, 0.2) is 18.2 Å². The number of carbonyl (C=O) groups excluding carboxylic acids is 2. The van der Waals surface area contributed by atoms with Gasteiger partial charge in [0.25, 0.3) is 0 Å². The number of aryl methyl sites for hydroxylation is 2. The Balaban J connectivity index is 1.75. The van der Waals surface area contributed by atoms with Crippen LogP contribution in [-0.4, -0.2) is 49.9 Å². The molecule has 0 aromatic heterocycles. The molecule has 0 unspecified atom stereocenters. The normalized spacial score (nSPS) is 15.1. The average Bonchev–Trinajstić information content (AvgIpc) is 3.05. The van der Waals surface area contributed by atoms with Crippen molar-refractivity contribution in [2.75, 3.05) is 30.7 Å². The Morgan fingerprint density at radius 1 is 1.12 bits per heavy atom. The summed E-state index contributed by atoms with van der Waals surface area (Å²) in [6.45, 7) is 4.95. The van der Waals surface area contributed by atoms with Gasteiger partial charge in [0.1, 0.15) is 6.42 Å².